The Labute approximate surface area is 204 Å². The van der Waals surface area contributed by atoms with Crippen LogP contribution < -0.4 is 19.8 Å². The van der Waals surface area contributed by atoms with Crippen molar-refractivity contribution >= 4 is 40.3 Å². The number of halogens is 1. The topological polar surface area (TPSA) is 106 Å². The van der Waals surface area contributed by atoms with Crippen LogP contribution in [0.5, 0.6) is 17.2 Å². The molecule has 1 aromatic heterocycles. The lowest BCUT2D eigenvalue weighted by Crippen LogP contribution is -2.22. The molecule has 0 saturated heterocycles. The van der Waals surface area contributed by atoms with Crippen molar-refractivity contribution in [3.63, 3.8) is 0 Å². The van der Waals surface area contributed by atoms with Crippen LogP contribution in [-0.4, -0.2) is 35.8 Å². The van der Waals surface area contributed by atoms with Crippen molar-refractivity contribution in [3.8, 4) is 22.9 Å². The predicted octanol–water partition coefficient (Wildman–Crippen LogP) is 5.14. The molecule has 0 fully saturated rings. The summed E-state index contributed by atoms with van der Waals surface area (Å²) in [4.78, 5) is 28.9. The van der Waals surface area contributed by atoms with E-state index in [1.165, 1.54) is 44.1 Å². The van der Waals surface area contributed by atoms with E-state index in [-0.39, 0.29) is 11.5 Å². The number of nitrogens with zero attached hydrogens (tertiary/aromatic N) is 3. The number of fused-ring (bicyclic) bond motifs is 1. The monoisotopic (exact) mass is 493 g/mol. The lowest BCUT2D eigenvalue weighted by atomic mass is 10.1. The van der Waals surface area contributed by atoms with E-state index in [2.05, 4.69) is 4.98 Å². The molecule has 0 radical (unpaired) electrons. The number of nitro benzene ring substituents is 1. The van der Waals surface area contributed by atoms with Gasteiger partial charge in [0, 0.05) is 17.2 Å². The highest BCUT2D eigenvalue weighted by Crippen LogP contribution is 2.38. The summed E-state index contributed by atoms with van der Waals surface area (Å²) < 4.78 is 17.5. The highest BCUT2D eigenvalue weighted by Gasteiger charge is 2.16. The maximum Gasteiger partial charge on any atom is 0.271 e. The van der Waals surface area contributed by atoms with Gasteiger partial charge >= 0.3 is 0 Å². The Kier molecular flexibility index (Phi) is 6.70. The van der Waals surface area contributed by atoms with Crippen LogP contribution in [0.1, 0.15) is 11.4 Å². The molecule has 3 aromatic carbocycles. The van der Waals surface area contributed by atoms with Gasteiger partial charge in [0.15, 0.2) is 11.5 Å². The Morgan fingerprint density at radius 3 is 2.31 bits per heavy atom. The number of benzene rings is 3. The molecule has 4 aromatic rings. The lowest BCUT2D eigenvalue weighted by molar-refractivity contribution is -0.384. The molecule has 0 aliphatic carbocycles. The first kappa shape index (κ1) is 23.8. The van der Waals surface area contributed by atoms with Gasteiger partial charge in [-0.15, -0.1) is 0 Å². The van der Waals surface area contributed by atoms with Crippen molar-refractivity contribution in [3.05, 3.63) is 91.5 Å². The number of hydrogen-bond donors (Lipinski definition) is 0. The number of aromatic nitrogens is 2. The van der Waals surface area contributed by atoms with E-state index in [0.29, 0.717) is 44.4 Å². The van der Waals surface area contributed by atoms with Crippen LogP contribution in [0.15, 0.2) is 59.4 Å². The largest absolute Gasteiger partial charge is 0.493 e. The third kappa shape index (κ3) is 4.67. The van der Waals surface area contributed by atoms with Crippen LogP contribution in [0.4, 0.5) is 5.69 Å². The average molecular weight is 494 g/mol. The third-order valence-electron chi connectivity index (χ3n) is 5.27. The summed E-state index contributed by atoms with van der Waals surface area (Å²) in [7, 11) is 4.54. The standard InChI is InChI=1S/C25H20ClN3O6/c1-33-21-11-15(12-22(34-2)24(21)35-3)7-10-23-27-20-13-16(26)8-9-19(20)25(30)28(23)17-5-4-6-18(14-17)29(31)32/h4-14H,1-3H3. The lowest BCUT2D eigenvalue weighted by Gasteiger charge is -2.13. The molecule has 1 heterocycles. The molecule has 10 heteroatoms. The van der Waals surface area contributed by atoms with Crippen LogP contribution in [0.25, 0.3) is 28.7 Å². The molecule has 35 heavy (non-hydrogen) atoms. The minimum Gasteiger partial charge on any atom is -0.493 e. The second-order valence-electron chi connectivity index (χ2n) is 7.34. The molecule has 4 rings (SSSR count). The second-order valence-corrected chi connectivity index (χ2v) is 7.78. The first-order valence-corrected chi connectivity index (χ1v) is 10.7. The maximum absolute atomic E-state index is 13.5. The first-order valence-electron chi connectivity index (χ1n) is 10.3. The van der Waals surface area contributed by atoms with Crippen molar-refractivity contribution < 1.29 is 19.1 Å². The van der Waals surface area contributed by atoms with Crippen LogP contribution in [-0.2, 0) is 0 Å². The van der Waals surface area contributed by atoms with E-state index < -0.39 is 10.5 Å². The van der Waals surface area contributed by atoms with Gasteiger partial charge in [-0.25, -0.2) is 4.98 Å². The molecular weight excluding hydrogens is 474 g/mol. The second kappa shape index (κ2) is 9.86. The molecule has 0 atom stereocenters. The first-order chi connectivity index (χ1) is 16.9. The quantitative estimate of drug-likeness (QED) is 0.259. The van der Waals surface area contributed by atoms with Crippen molar-refractivity contribution in [2.45, 2.75) is 0 Å². The molecule has 0 aliphatic heterocycles. The number of methoxy groups -OCH3 is 3. The summed E-state index contributed by atoms with van der Waals surface area (Å²) in [6.45, 7) is 0. The Morgan fingerprint density at radius 2 is 1.69 bits per heavy atom. The Bertz CT molecular complexity index is 1500. The minimum absolute atomic E-state index is 0.148. The van der Waals surface area contributed by atoms with Gasteiger partial charge < -0.3 is 14.2 Å². The van der Waals surface area contributed by atoms with Crippen molar-refractivity contribution in [1.29, 1.82) is 0 Å². The van der Waals surface area contributed by atoms with Gasteiger partial charge in [-0.05, 0) is 48.0 Å². The van der Waals surface area contributed by atoms with Crippen LogP contribution in [0, 0.1) is 10.1 Å². The van der Waals surface area contributed by atoms with Crippen molar-refractivity contribution in [1.82, 2.24) is 9.55 Å². The molecule has 0 unspecified atom stereocenters. The van der Waals surface area contributed by atoms with Crippen LogP contribution >= 0.6 is 11.6 Å². The zero-order valence-corrected chi connectivity index (χ0v) is 19.8. The van der Waals surface area contributed by atoms with Crippen LogP contribution in [0.2, 0.25) is 5.02 Å². The normalized spacial score (nSPS) is 11.1. The fourth-order valence-corrected chi connectivity index (χ4v) is 3.82. The minimum atomic E-state index is -0.520. The zero-order chi connectivity index (χ0) is 25.1. The number of non-ortho nitro benzene ring substituents is 1. The number of hydrogen-bond acceptors (Lipinski definition) is 7. The third-order valence-corrected chi connectivity index (χ3v) is 5.50. The van der Waals surface area contributed by atoms with E-state index in [4.69, 9.17) is 25.8 Å². The molecular formula is C25H20ClN3O6. The fraction of sp³-hybridized carbons (Fsp3) is 0.120. The predicted molar refractivity (Wildman–Crippen MR) is 134 cm³/mol. The van der Waals surface area contributed by atoms with Crippen molar-refractivity contribution in [2.24, 2.45) is 0 Å². The summed E-state index contributed by atoms with van der Waals surface area (Å²) in [6, 6.07) is 14.0. The van der Waals surface area contributed by atoms with Gasteiger partial charge in [0.25, 0.3) is 11.2 Å². The molecule has 0 bridgehead atoms. The molecule has 0 saturated carbocycles. The summed E-state index contributed by atoms with van der Waals surface area (Å²) in [5.41, 5.74) is 0.846. The van der Waals surface area contributed by atoms with E-state index in [1.54, 1.807) is 48.6 Å². The van der Waals surface area contributed by atoms with Crippen molar-refractivity contribution in [2.75, 3.05) is 21.3 Å². The van der Waals surface area contributed by atoms with E-state index >= 15 is 0 Å². The molecule has 9 nitrogen and oxygen atoms in total. The smallest absolute Gasteiger partial charge is 0.271 e. The van der Waals surface area contributed by atoms with Gasteiger partial charge in [-0.2, -0.15) is 0 Å². The number of ether oxygens (including phenoxy) is 3. The Morgan fingerprint density at radius 1 is 0.971 bits per heavy atom. The average Bonchev–Trinajstić information content (AvgIpc) is 2.86. The van der Waals surface area contributed by atoms with Gasteiger partial charge in [0.2, 0.25) is 5.75 Å². The van der Waals surface area contributed by atoms with E-state index in [9.17, 15) is 14.9 Å². The molecule has 0 spiro atoms. The van der Waals surface area contributed by atoms with Gasteiger partial charge in [0.1, 0.15) is 5.82 Å². The molecule has 0 amide bonds. The van der Waals surface area contributed by atoms with Crippen LogP contribution in [0.3, 0.4) is 0 Å². The number of rotatable bonds is 7. The SMILES string of the molecule is COc1cc(C=Cc2nc3cc(Cl)ccc3c(=O)n2-c2cccc([N+](=O)[O-])c2)cc(OC)c1OC. The van der Waals surface area contributed by atoms with Gasteiger partial charge in [-0.1, -0.05) is 23.7 Å². The summed E-state index contributed by atoms with van der Waals surface area (Å²) in [5.74, 6) is 1.61. The summed E-state index contributed by atoms with van der Waals surface area (Å²) in [6.07, 6.45) is 3.34. The summed E-state index contributed by atoms with van der Waals surface area (Å²) >= 11 is 6.12. The maximum atomic E-state index is 13.5. The molecule has 0 N–H and O–H groups in total. The Hall–Kier alpha value is -4.37. The van der Waals surface area contributed by atoms with Gasteiger partial charge in [0.05, 0.1) is 42.8 Å². The van der Waals surface area contributed by atoms with E-state index in [0.717, 1.165) is 0 Å². The van der Waals surface area contributed by atoms with E-state index in [1.807, 2.05) is 0 Å². The number of nitro groups is 1. The molecule has 0 aliphatic rings. The Balaban J connectivity index is 1.94. The summed E-state index contributed by atoms with van der Waals surface area (Å²) in [5, 5.41) is 12.1. The zero-order valence-electron chi connectivity index (χ0n) is 19.0. The highest BCUT2D eigenvalue weighted by atomic mass is 35.5. The molecule has 178 valence electrons. The van der Waals surface area contributed by atoms with Gasteiger partial charge in [-0.3, -0.25) is 19.5 Å². The fourth-order valence-electron chi connectivity index (χ4n) is 3.65. The highest BCUT2D eigenvalue weighted by molar-refractivity contribution is 6.31.